The molecular formula is C25H16Cl2N4O2S. The fraction of sp³-hybridized carbons (Fsp3) is 0.0400. The smallest absolute Gasteiger partial charge is 0.261 e. The number of amides is 2. The number of halogens is 2. The van der Waals surface area contributed by atoms with Gasteiger partial charge in [-0.05, 0) is 36.4 Å². The van der Waals surface area contributed by atoms with Crippen molar-refractivity contribution in [2.24, 2.45) is 10.2 Å². The number of carbonyl (C=O) groups is 2. The van der Waals surface area contributed by atoms with E-state index in [0.29, 0.717) is 26.0 Å². The zero-order valence-electron chi connectivity index (χ0n) is 17.6. The van der Waals surface area contributed by atoms with Crippen molar-refractivity contribution in [1.29, 1.82) is 0 Å². The van der Waals surface area contributed by atoms with Gasteiger partial charge in [0.2, 0.25) is 4.80 Å². The molecule has 0 saturated heterocycles. The highest BCUT2D eigenvalue weighted by Gasteiger charge is 2.34. The predicted octanol–water partition coefficient (Wildman–Crippen LogP) is 5.70. The van der Waals surface area contributed by atoms with Crippen molar-refractivity contribution in [3.63, 3.8) is 0 Å². The summed E-state index contributed by atoms with van der Waals surface area (Å²) < 4.78 is 1.96. The predicted molar refractivity (Wildman–Crippen MR) is 135 cm³/mol. The second-order valence-electron chi connectivity index (χ2n) is 7.37. The van der Waals surface area contributed by atoms with Gasteiger partial charge in [0, 0.05) is 22.8 Å². The molecule has 0 saturated carbocycles. The molecule has 6 nitrogen and oxygen atoms in total. The van der Waals surface area contributed by atoms with Gasteiger partial charge < -0.3 is 0 Å². The average molecular weight is 507 g/mol. The summed E-state index contributed by atoms with van der Waals surface area (Å²) in [5.41, 5.74) is 3.47. The summed E-state index contributed by atoms with van der Waals surface area (Å²) in [5, 5.41) is 11.4. The first-order chi connectivity index (χ1) is 16.5. The van der Waals surface area contributed by atoms with E-state index >= 15 is 0 Å². The molecule has 2 heterocycles. The summed E-state index contributed by atoms with van der Waals surface area (Å²) >= 11 is 13.7. The molecule has 0 radical (unpaired) electrons. The molecule has 168 valence electrons. The fourth-order valence-electron chi connectivity index (χ4n) is 3.68. The lowest BCUT2D eigenvalue weighted by molar-refractivity contribution is 0.0679. The van der Waals surface area contributed by atoms with Gasteiger partial charge in [-0.1, -0.05) is 59.6 Å². The van der Waals surface area contributed by atoms with E-state index in [4.69, 9.17) is 23.2 Å². The van der Waals surface area contributed by atoms with Crippen LogP contribution in [0.25, 0.3) is 16.9 Å². The lowest BCUT2D eigenvalue weighted by atomic mass is 10.1. The number of carbonyl (C=O) groups excluding carboxylic acids is 2. The van der Waals surface area contributed by atoms with Gasteiger partial charge in [0.25, 0.3) is 11.8 Å². The molecule has 1 aromatic heterocycles. The van der Waals surface area contributed by atoms with Gasteiger partial charge in [0.15, 0.2) is 0 Å². The molecule has 5 rings (SSSR count). The van der Waals surface area contributed by atoms with Crippen molar-refractivity contribution in [2.75, 3.05) is 6.54 Å². The Morgan fingerprint density at radius 3 is 2.21 bits per heavy atom. The lowest BCUT2D eigenvalue weighted by Gasteiger charge is -2.10. The van der Waals surface area contributed by atoms with Crippen LogP contribution in [-0.2, 0) is 0 Å². The minimum Gasteiger partial charge on any atom is -0.284 e. The van der Waals surface area contributed by atoms with E-state index in [2.05, 4.69) is 10.2 Å². The lowest BCUT2D eigenvalue weighted by Crippen LogP contribution is -2.31. The molecule has 0 N–H and O–H groups in total. The number of hydrogen-bond donors (Lipinski definition) is 0. The fourth-order valence-corrected chi connectivity index (χ4v) is 4.84. The largest absolute Gasteiger partial charge is 0.284 e. The second-order valence-corrected chi connectivity index (χ2v) is 9.02. The Morgan fingerprint density at radius 1 is 0.853 bits per heavy atom. The monoisotopic (exact) mass is 506 g/mol. The summed E-state index contributed by atoms with van der Waals surface area (Å²) in [6, 6.07) is 22.0. The Bertz CT molecular complexity index is 1470. The van der Waals surface area contributed by atoms with E-state index in [1.807, 2.05) is 46.3 Å². The molecule has 1 aliphatic heterocycles. The van der Waals surface area contributed by atoms with Crippen LogP contribution in [0.3, 0.4) is 0 Å². The van der Waals surface area contributed by atoms with Crippen LogP contribution in [-0.4, -0.2) is 34.0 Å². The average Bonchev–Trinajstić information content (AvgIpc) is 3.39. The quantitative estimate of drug-likeness (QED) is 0.198. The zero-order valence-corrected chi connectivity index (χ0v) is 19.9. The van der Waals surface area contributed by atoms with E-state index in [0.717, 1.165) is 21.8 Å². The first-order valence-corrected chi connectivity index (χ1v) is 11.9. The first-order valence-electron chi connectivity index (χ1n) is 10.3. The van der Waals surface area contributed by atoms with Crippen LogP contribution in [0.5, 0.6) is 0 Å². The minimum absolute atomic E-state index is 0.0339. The van der Waals surface area contributed by atoms with Gasteiger partial charge in [-0.15, -0.1) is 16.4 Å². The van der Waals surface area contributed by atoms with Crippen molar-refractivity contribution >= 4 is 52.6 Å². The number of nitrogens with zero attached hydrogens (tertiary/aromatic N) is 4. The maximum atomic E-state index is 12.5. The third-order valence-corrected chi connectivity index (χ3v) is 6.86. The molecule has 0 aliphatic carbocycles. The molecule has 3 aromatic carbocycles. The van der Waals surface area contributed by atoms with Gasteiger partial charge >= 0.3 is 0 Å². The van der Waals surface area contributed by atoms with Crippen molar-refractivity contribution < 1.29 is 9.59 Å². The molecule has 1 aliphatic rings. The Labute approximate surface area is 209 Å². The molecule has 0 atom stereocenters. The number of hydrogen-bond acceptors (Lipinski definition) is 5. The minimum atomic E-state index is -0.329. The Kier molecular flexibility index (Phi) is 6.15. The van der Waals surface area contributed by atoms with E-state index < -0.39 is 0 Å². The molecule has 0 unspecified atom stereocenters. The second kappa shape index (κ2) is 9.38. The summed E-state index contributed by atoms with van der Waals surface area (Å²) in [7, 11) is 0. The maximum absolute atomic E-state index is 12.5. The van der Waals surface area contributed by atoms with Crippen LogP contribution in [0.15, 0.2) is 88.4 Å². The molecule has 0 spiro atoms. The summed E-state index contributed by atoms with van der Waals surface area (Å²) in [6.45, 7) is 0.0339. The number of imide groups is 1. The third kappa shape index (κ3) is 4.09. The summed E-state index contributed by atoms with van der Waals surface area (Å²) in [6.07, 6.45) is 1.45. The van der Waals surface area contributed by atoms with Gasteiger partial charge in [0.05, 0.1) is 33.4 Å². The topological polar surface area (TPSA) is 67.0 Å². The Hall–Kier alpha value is -3.52. The van der Waals surface area contributed by atoms with Crippen molar-refractivity contribution in [3.05, 3.63) is 104 Å². The number of fused-ring (bicyclic) bond motifs is 1. The molecule has 0 fully saturated rings. The van der Waals surface area contributed by atoms with E-state index in [1.54, 1.807) is 36.4 Å². The van der Waals surface area contributed by atoms with E-state index in [1.165, 1.54) is 17.6 Å². The number of aromatic nitrogens is 1. The van der Waals surface area contributed by atoms with Crippen LogP contribution in [0.1, 0.15) is 20.7 Å². The van der Waals surface area contributed by atoms with Crippen LogP contribution < -0.4 is 4.80 Å². The molecule has 34 heavy (non-hydrogen) atoms. The number of para-hydroxylation sites is 1. The normalized spacial score (nSPS) is 13.8. The van der Waals surface area contributed by atoms with Crippen molar-refractivity contribution in [1.82, 2.24) is 9.47 Å². The highest BCUT2D eigenvalue weighted by molar-refractivity contribution is 7.07. The van der Waals surface area contributed by atoms with Crippen LogP contribution in [0.4, 0.5) is 0 Å². The SMILES string of the molecule is O=C1c2ccccc2C(=O)N1C/C=N/N=c1\scc(-c2ccc(Cl)c(Cl)c2)n1-c1ccccc1. The molecule has 2 amide bonds. The zero-order chi connectivity index (χ0) is 23.7. The molecule has 0 bridgehead atoms. The number of thiazole rings is 1. The standard InChI is InChI=1S/C25H16Cl2N4O2S/c26-20-11-10-16(14-21(20)27)22-15-34-25(31(22)17-6-2-1-3-7-17)29-28-12-13-30-23(32)18-8-4-5-9-19(18)24(30)33/h1-12,14-15H,13H2/b28-12+,29-25-. The van der Waals surface area contributed by atoms with Crippen LogP contribution in [0, 0.1) is 0 Å². The van der Waals surface area contributed by atoms with E-state index in [-0.39, 0.29) is 18.4 Å². The van der Waals surface area contributed by atoms with Crippen LogP contribution >= 0.6 is 34.5 Å². The van der Waals surface area contributed by atoms with Gasteiger partial charge in [-0.25, -0.2) is 0 Å². The van der Waals surface area contributed by atoms with E-state index in [9.17, 15) is 9.59 Å². The first kappa shape index (κ1) is 22.3. The van der Waals surface area contributed by atoms with Crippen molar-refractivity contribution in [2.45, 2.75) is 0 Å². The maximum Gasteiger partial charge on any atom is 0.261 e. The highest BCUT2D eigenvalue weighted by Crippen LogP contribution is 2.30. The van der Waals surface area contributed by atoms with Gasteiger partial charge in [0.1, 0.15) is 0 Å². The molecule has 9 heteroatoms. The van der Waals surface area contributed by atoms with Gasteiger partial charge in [-0.2, -0.15) is 5.10 Å². The number of benzene rings is 3. The molecule has 4 aromatic rings. The summed E-state index contributed by atoms with van der Waals surface area (Å²) in [5.74, 6) is -0.658. The van der Waals surface area contributed by atoms with Gasteiger partial charge in [-0.3, -0.25) is 19.1 Å². The van der Waals surface area contributed by atoms with Crippen LogP contribution in [0.2, 0.25) is 10.0 Å². The van der Waals surface area contributed by atoms with Crippen molar-refractivity contribution in [3.8, 4) is 16.9 Å². The number of rotatable bonds is 5. The third-order valence-electron chi connectivity index (χ3n) is 5.31. The highest BCUT2D eigenvalue weighted by atomic mass is 35.5. The molecular weight excluding hydrogens is 491 g/mol. The Balaban J connectivity index is 1.47. The Morgan fingerprint density at radius 2 is 1.53 bits per heavy atom. The summed E-state index contributed by atoms with van der Waals surface area (Å²) in [4.78, 5) is 26.8.